The summed E-state index contributed by atoms with van der Waals surface area (Å²) in [6.07, 6.45) is 0.982. The number of anilines is 2. The lowest BCUT2D eigenvalue weighted by atomic mass is 10.1. The first-order valence-corrected chi connectivity index (χ1v) is 7.32. The van der Waals surface area contributed by atoms with Crippen molar-refractivity contribution >= 4 is 34.4 Å². The first-order chi connectivity index (χ1) is 10.5. The molecular formula is C16H17N3O2S. The molecule has 0 aliphatic carbocycles. The van der Waals surface area contributed by atoms with Gasteiger partial charge in [-0.15, -0.1) is 0 Å². The molecule has 0 atom stereocenters. The Morgan fingerprint density at radius 3 is 2.32 bits per heavy atom. The zero-order chi connectivity index (χ0) is 16.1. The molecule has 0 spiro atoms. The van der Waals surface area contributed by atoms with E-state index < -0.39 is 4.92 Å². The standard InChI is InChI=1S/C16H17N3O2S/c1-3-12-5-8-13(9-6-12)17-16(22)18-14-7-4-11(2)15(10-14)19(20)21/h4-10H,3H2,1-2H3,(H2,17,18,22). The summed E-state index contributed by atoms with van der Waals surface area (Å²) in [5.74, 6) is 0. The van der Waals surface area contributed by atoms with Crippen LogP contribution in [0.1, 0.15) is 18.1 Å². The summed E-state index contributed by atoms with van der Waals surface area (Å²) < 4.78 is 0. The highest BCUT2D eigenvalue weighted by Gasteiger charge is 2.11. The molecule has 114 valence electrons. The number of nitrogens with zero attached hydrogens (tertiary/aromatic N) is 1. The van der Waals surface area contributed by atoms with E-state index in [0.29, 0.717) is 16.4 Å². The van der Waals surface area contributed by atoms with Gasteiger partial charge < -0.3 is 10.6 Å². The molecule has 0 fully saturated rings. The van der Waals surface area contributed by atoms with Gasteiger partial charge >= 0.3 is 0 Å². The first-order valence-electron chi connectivity index (χ1n) is 6.91. The summed E-state index contributed by atoms with van der Waals surface area (Å²) in [7, 11) is 0. The quantitative estimate of drug-likeness (QED) is 0.501. The van der Waals surface area contributed by atoms with Gasteiger partial charge in [0.25, 0.3) is 5.69 Å². The number of benzene rings is 2. The molecule has 0 bridgehead atoms. The van der Waals surface area contributed by atoms with Gasteiger partial charge in [0.2, 0.25) is 0 Å². The highest BCUT2D eigenvalue weighted by Crippen LogP contribution is 2.22. The van der Waals surface area contributed by atoms with Gasteiger partial charge in [0.1, 0.15) is 0 Å². The molecule has 0 saturated heterocycles. The van der Waals surface area contributed by atoms with Gasteiger partial charge in [0.05, 0.1) is 4.92 Å². The van der Waals surface area contributed by atoms with Crippen molar-refractivity contribution in [1.82, 2.24) is 0 Å². The number of hydrogen-bond donors (Lipinski definition) is 2. The first kappa shape index (κ1) is 15.9. The third-order valence-electron chi connectivity index (χ3n) is 3.28. The number of hydrogen-bond acceptors (Lipinski definition) is 3. The predicted molar refractivity (Wildman–Crippen MR) is 93.5 cm³/mol. The highest BCUT2D eigenvalue weighted by atomic mass is 32.1. The van der Waals surface area contributed by atoms with E-state index in [1.807, 2.05) is 24.3 Å². The van der Waals surface area contributed by atoms with Crippen molar-refractivity contribution in [2.75, 3.05) is 10.6 Å². The Morgan fingerprint density at radius 2 is 1.73 bits per heavy atom. The molecule has 22 heavy (non-hydrogen) atoms. The molecule has 0 saturated carbocycles. The van der Waals surface area contributed by atoms with Crippen LogP contribution >= 0.6 is 12.2 Å². The molecule has 0 aromatic heterocycles. The molecular weight excluding hydrogens is 298 g/mol. The van der Waals surface area contributed by atoms with Gasteiger partial charge in [-0.05, 0) is 49.3 Å². The molecule has 2 rings (SSSR count). The van der Waals surface area contributed by atoms with E-state index in [2.05, 4.69) is 17.6 Å². The maximum atomic E-state index is 10.9. The molecule has 2 aromatic rings. The Bertz CT molecular complexity index is 699. The van der Waals surface area contributed by atoms with Crippen LogP contribution in [-0.4, -0.2) is 10.0 Å². The molecule has 0 heterocycles. The lowest BCUT2D eigenvalue weighted by Crippen LogP contribution is -2.19. The summed E-state index contributed by atoms with van der Waals surface area (Å²) in [5, 5.41) is 17.3. The monoisotopic (exact) mass is 315 g/mol. The van der Waals surface area contributed by atoms with Crippen molar-refractivity contribution in [2.45, 2.75) is 20.3 Å². The second-order valence-corrected chi connectivity index (χ2v) is 5.30. The molecule has 6 heteroatoms. The van der Waals surface area contributed by atoms with Crippen molar-refractivity contribution < 1.29 is 4.92 Å². The molecule has 0 aliphatic heterocycles. The van der Waals surface area contributed by atoms with E-state index in [0.717, 1.165) is 12.1 Å². The number of nitro benzene ring substituents is 1. The van der Waals surface area contributed by atoms with Crippen molar-refractivity contribution in [1.29, 1.82) is 0 Å². The second kappa shape index (κ2) is 7.00. The van der Waals surface area contributed by atoms with E-state index in [4.69, 9.17) is 12.2 Å². The van der Waals surface area contributed by atoms with Gasteiger partial charge in [-0.3, -0.25) is 10.1 Å². The summed E-state index contributed by atoms with van der Waals surface area (Å²) in [6, 6.07) is 12.9. The Hall–Kier alpha value is -2.47. The maximum Gasteiger partial charge on any atom is 0.274 e. The minimum Gasteiger partial charge on any atom is -0.332 e. The summed E-state index contributed by atoms with van der Waals surface area (Å²) >= 11 is 5.23. The van der Waals surface area contributed by atoms with Crippen LogP contribution in [0.15, 0.2) is 42.5 Å². The normalized spacial score (nSPS) is 10.1. The minimum atomic E-state index is -0.402. The van der Waals surface area contributed by atoms with Gasteiger partial charge in [-0.25, -0.2) is 0 Å². The number of thiocarbonyl (C=S) groups is 1. The Kier molecular flexibility index (Phi) is 5.06. The maximum absolute atomic E-state index is 10.9. The van der Waals surface area contributed by atoms with Gasteiger partial charge in [-0.1, -0.05) is 25.1 Å². The van der Waals surface area contributed by atoms with Crippen LogP contribution in [0, 0.1) is 17.0 Å². The van der Waals surface area contributed by atoms with E-state index in [9.17, 15) is 10.1 Å². The highest BCUT2D eigenvalue weighted by molar-refractivity contribution is 7.80. The summed E-state index contributed by atoms with van der Waals surface area (Å²) in [5.41, 5.74) is 3.39. The average Bonchev–Trinajstić information content (AvgIpc) is 2.49. The van der Waals surface area contributed by atoms with Crippen LogP contribution in [0.3, 0.4) is 0 Å². The average molecular weight is 315 g/mol. The molecule has 2 N–H and O–H groups in total. The van der Waals surface area contributed by atoms with Gasteiger partial charge in [0.15, 0.2) is 5.11 Å². The third-order valence-corrected chi connectivity index (χ3v) is 3.49. The Morgan fingerprint density at radius 1 is 1.14 bits per heavy atom. The van der Waals surface area contributed by atoms with Crippen LogP contribution < -0.4 is 10.6 Å². The number of aryl methyl sites for hydroxylation is 2. The van der Waals surface area contributed by atoms with Crippen LogP contribution in [0.2, 0.25) is 0 Å². The third kappa shape index (κ3) is 4.02. The number of nitro groups is 1. The molecule has 2 aromatic carbocycles. The lowest BCUT2D eigenvalue weighted by Gasteiger charge is -2.11. The minimum absolute atomic E-state index is 0.0695. The molecule has 5 nitrogen and oxygen atoms in total. The van der Waals surface area contributed by atoms with E-state index in [1.54, 1.807) is 19.1 Å². The van der Waals surface area contributed by atoms with Crippen LogP contribution in [0.5, 0.6) is 0 Å². The van der Waals surface area contributed by atoms with E-state index in [-0.39, 0.29) is 5.69 Å². The van der Waals surface area contributed by atoms with Crippen molar-refractivity contribution in [3.63, 3.8) is 0 Å². The lowest BCUT2D eigenvalue weighted by molar-refractivity contribution is -0.385. The smallest absolute Gasteiger partial charge is 0.274 e. The van der Waals surface area contributed by atoms with Gasteiger partial charge in [-0.2, -0.15) is 0 Å². The Labute approximate surface area is 134 Å². The van der Waals surface area contributed by atoms with E-state index >= 15 is 0 Å². The van der Waals surface area contributed by atoms with Crippen molar-refractivity contribution in [3.05, 3.63) is 63.7 Å². The van der Waals surface area contributed by atoms with E-state index in [1.165, 1.54) is 11.6 Å². The number of nitrogens with one attached hydrogen (secondary N) is 2. The Balaban J connectivity index is 2.05. The fraction of sp³-hybridized carbons (Fsp3) is 0.188. The summed E-state index contributed by atoms with van der Waals surface area (Å²) in [6.45, 7) is 3.80. The largest absolute Gasteiger partial charge is 0.332 e. The zero-order valence-corrected chi connectivity index (χ0v) is 13.2. The van der Waals surface area contributed by atoms with Gasteiger partial charge in [0, 0.05) is 23.0 Å². The molecule has 0 aliphatic rings. The van der Waals surface area contributed by atoms with Crippen LogP contribution in [-0.2, 0) is 6.42 Å². The molecule has 0 radical (unpaired) electrons. The molecule has 0 amide bonds. The summed E-state index contributed by atoms with van der Waals surface area (Å²) in [4.78, 5) is 10.5. The van der Waals surface area contributed by atoms with Crippen molar-refractivity contribution in [3.8, 4) is 0 Å². The fourth-order valence-electron chi connectivity index (χ4n) is 2.00. The van der Waals surface area contributed by atoms with Crippen LogP contribution in [0.4, 0.5) is 17.1 Å². The predicted octanol–water partition coefficient (Wildman–Crippen LogP) is 4.27. The molecule has 0 unspecified atom stereocenters. The second-order valence-electron chi connectivity index (χ2n) is 4.89. The fourth-order valence-corrected chi connectivity index (χ4v) is 2.24. The topological polar surface area (TPSA) is 67.2 Å². The van der Waals surface area contributed by atoms with Crippen molar-refractivity contribution in [2.24, 2.45) is 0 Å². The number of rotatable bonds is 4. The SMILES string of the molecule is CCc1ccc(NC(=S)Nc2ccc(C)c([N+](=O)[O-])c2)cc1. The van der Waals surface area contributed by atoms with Crippen LogP contribution in [0.25, 0.3) is 0 Å². The zero-order valence-electron chi connectivity index (χ0n) is 12.4.